The van der Waals surface area contributed by atoms with Crippen LogP contribution >= 0.6 is 0 Å². The van der Waals surface area contributed by atoms with E-state index in [0.29, 0.717) is 12.6 Å². The number of carbonyl (C=O) groups is 1. The lowest BCUT2D eigenvalue weighted by Crippen LogP contribution is -2.53. The Morgan fingerprint density at radius 1 is 1.31 bits per heavy atom. The number of hydrogen-bond donors (Lipinski definition) is 2. The molecule has 0 aromatic rings. The van der Waals surface area contributed by atoms with Crippen molar-refractivity contribution >= 4 is 5.91 Å². The summed E-state index contributed by atoms with van der Waals surface area (Å²) in [5.74, 6) is 0.155. The Bertz CT molecular complexity index is 239. The van der Waals surface area contributed by atoms with E-state index in [1.807, 2.05) is 0 Å². The molecule has 0 aromatic carbocycles. The van der Waals surface area contributed by atoms with Gasteiger partial charge in [0, 0.05) is 12.6 Å². The van der Waals surface area contributed by atoms with Gasteiger partial charge in [-0.25, -0.2) is 0 Å². The third-order valence-corrected chi connectivity index (χ3v) is 3.44. The van der Waals surface area contributed by atoms with Crippen molar-refractivity contribution in [3.63, 3.8) is 0 Å². The summed E-state index contributed by atoms with van der Waals surface area (Å²) in [4.78, 5) is 12.0. The Kier molecular flexibility index (Phi) is 4.18. The molecule has 2 fully saturated rings. The van der Waals surface area contributed by atoms with Crippen molar-refractivity contribution in [2.75, 3.05) is 13.2 Å². The highest BCUT2D eigenvalue weighted by atomic mass is 16.5. The summed E-state index contributed by atoms with van der Waals surface area (Å²) >= 11 is 0. The Morgan fingerprint density at radius 2 is 2.19 bits per heavy atom. The lowest BCUT2D eigenvalue weighted by Gasteiger charge is -2.30. The molecule has 4 heteroatoms. The van der Waals surface area contributed by atoms with Gasteiger partial charge in [-0.15, -0.1) is 0 Å². The fourth-order valence-electron chi connectivity index (χ4n) is 2.50. The lowest BCUT2D eigenvalue weighted by atomic mass is 9.98. The average molecular weight is 226 g/mol. The molecule has 92 valence electrons. The van der Waals surface area contributed by atoms with Crippen LogP contribution in [-0.4, -0.2) is 37.2 Å². The third-order valence-electron chi connectivity index (χ3n) is 3.44. The number of nitrogens with one attached hydrogen (secondary N) is 2. The highest BCUT2D eigenvalue weighted by Gasteiger charge is 2.26. The first-order valence-electron chi connectivity index (χ1n) is 6.40. The third kappa shape index (κ3) is 3.19. The van der Waals surface area contributed by atoms with E-state index >= 15 is 0 Å². The summed E-state index contributed by atoms with van der Waals surface area (Å²) in [6.07, 6.45) is 5.39. The molecule has 2 aliphatic heterocycles. The molecule has 0 aliphatic carbocycles. The first kappa shape index (κ1) is 11.9. The Balaban J connectivity index is 1.77. The van der Waals surface area contributed by atoms with Crippen LogP contribution in [0.2, 0.25) is 0 Å². The first-order valence-corrected chi connectivity index (χ1v) is 6.40. The molecule has 1 amide bonds. The average Bonchev–Trinajstić information content (AvgIpc) is 2.30. The standard InChI is InChI=1S/C12H22N2O2/c1-9-4-2-6-11(13-9)12(15)14-10-5-3-7-16-8-10/h9-11,13H,2-8H2,1H3,(H,14,15). The number of ether oxygens (including phenoxy) is 1. The van der Waals surface area contributed by atoms with E-state index in [1.54, 1.807) is 0 Å². The van der Waals surface area contributed by atoms with Gasteiger partial charge in [0.15, 0.2) is 0 Å². The summed E-state index contributed by atoms with van der Waals surface area (Å²) in [6.45, 7) is 3.66. The number of rotatable bonds is 2. The van der Waals surface area contributed by atoms with Crippen LogP contribution in [0, 0.1) is 0 Å². The summed E-state index contributed by atoms with van der Waals surface area (Å²) in [7, 11) is 0. The lowest BCUT2D eigenvalue weighted by molar-refractivity contribution is -0.125. The minimum atomic E-state index is 0.00526. The summed E-state index contributed by atoms with van der Waals surface area (Å²) in [6, 6.07) is 0.693. The Morgan fingerprint density at radius 3 is 2.88 bits per heavy atom. The summed E-state index contributed by atoms with van der Waals surface area (Å²) < 4.78 is 5.36. The van der Waals surface area contributed by atoms with Gasteiger partial charge in [-0.2, -0.15) is 0 Å². The largest absolute Gasteiger partial charge is 0.379 e. The van der Waals surface area contributed by atoms with E-state index in [1.165, 1.54) is 6.42 Å². The van der Waals surface area contributed by atoms with E-state index in [0.717, 1.165) is 32.3 Å². The van der Waals surface area contributed by atoms with Crippen LogP contribution in [-0.2, 0) is 9.53 Å². The van der Waals surface area contributed by atoms with Crippen molar-refractivity contribution in [1.29, 1.82) is 0 Å². The van der Waals surface area contributed by atoms with Crippen molar-refractivity contribution in [3.05, 3.63) is 0 Å². The minimum Gasteiger partial charge on any atom is -0.379 e. The van der Waals surface area contributed by atoms with E-state index in [9.17, 15) is 4.79 Å². The summed E-state index contributed by atoms with van der Waals surface area (Å²) in [5.41, 5.74) is 0. The normalized spacial score (nSPS) is 35.7. The van der Waals surface area contributed by atoms with Crippen LogP contribution in [0.1, 0.15) is 39.0 Å². The molecular formula is C12H22N2O2. The molecule has 2 rings (SSSR count). The fourth-order valence-corrected chi connectivity index (χ4v) is 2.50. The highest BCUT2D eigenvalue weighted by molar-refractivity contribution is 5.82. The van der Waals surface area contributed by atoms with E-state index in [-0.39, 0.29) is 18.0 Å². The Labute approximate surface area is 97.1 Å². The van der Waals surface area contributed by atoms with Crippen molar-refractivity contribution in [2.24, 2.45) is 0 Å². The highest BCUT2D eigenvalue weighted by Crippen LogP contribution is 2.13. The molecule has 0 radical (unpaired) electrons. The smallest absolute Gasteiger partial charge is 0.237 e. The zero-order chi connectivity index (χ0) is 11.4. The predicted molar refractivity (Wildman–Crippen MR) is 62.2 cm³/mol. The van der Waals surface area contributed by atoms with Crippen LogP contribution in [0.25, 0.3) is 0 Å². The molecule has 2 aliphatic rings. The Hall–Kier alpha value is -0.610. The minimum absolute atomic E-state index is 0.00526. The monoisotopic (exact) mass is 226 g/mol. The van der Waals surface area contributed by atoms with E-state index < -0.39 is 0 Å². The molecular weight excluding hydrogens is 204 g/mol. The number of hydrogen-bond acceptors (Lipinski definition) is 3. The molecule has 0 aromatic heterocycles. The number of amides is 1. The van der Waals surface area contributed by atoms with Crippen molar-refractivity contribution in [1.82, 2.24) is 10.6 Å². The van der Waals surface area contributed by atoms with Gasteiger partial charge < -0.3 is 15.4 Å². The maximum atomic E-state index is 12.0. The van der Waals surface area contributed by atoms with Gasteiger partial charge in [0.1, 0.15) is 0 Å². The molecule has 0 bridgehead atoms. The van der Waals surface area contributed by atoms with Gasteiger partial charge in [0.25, 0.3) is 0 Å². The molecule has 0 spiro atoms. The van der Waals surface area contributed by atoms with Crippen LogP contribution in [0.5, 0.6) is 0 Å². The van der Waals surface area contributed by atoms with Gasteiger partial charge in [0.05, 0.1) is 18.7 Å². The van der Waals surface area contributed by atoms with Crippen LogP contribution in [0.4, 0.5) is 0 Å². The van der Waals surface area contributed by atoms with Crippen molar-refractivity contribution < 1.29 is 9.53 Å². The van der Waals surface area contributed by atoms with Crippen LogP contribution < -0.4 is 10.6 Å². The molecule has 2 saturated heterocycles. The molecule has 2 N–H and O–H groups in total. The van der Waals surface area contributed by atoms with Gasteiger partial charge in [-0.05, 0) is 39.0 Å². The first-order chi connectivity index (χ1) is 7.75. The van der Waals surface area contributed by atoms with Gasteiger partial charge in [-0.3, -0.25) is 4.79 Å². The van der Waals surface area contributed by atoms with E-state index in [2.05, 4.69) is 17.6 Å². The maximum absolute atomic E-state index is 12.0. The topological polar surface area (TPSA) is 50.4 Å². The zero-order valence-corrected chi connectivity index (χ0v) is 10.00. The molecule has 3 unspecified atom stereocenters. The van der Waals surface area contributed by atoms with Gasteiger partial charge in [-0.1, -0.05) is 0 Å². The van der Waals surface area contributed by atoms with Crippen LogP contribution in [0.3, 0.4) is 0 Å². The fraction of sp³-hybridized carbons (Fsp3) is 0.917. The molecule has 16 heavy (non-hydrogen) atoms. The molecule has 0 saturated carbocycles. The SMILES string of the molecule is CC1CCCC(C(=O)NC2CCCOC2)N1. The second kappa shape index (κ2) is 5.64. The predicted octanol–water partition coefficient (Wildman–Crippen LogP) is 0.812. The zero-order valence-electron chi connectivity index (χ0n) is 10.00. The molecule has 3 atom stereocenters. The van der Waals surface area contributed by atoms with Crippen LogP contribution in [0.15, 0.2) is 0 Å². The second-order valence-electron chi connectivity index (χ2n) is 4.97. The van der Waals surface area contributed by atoms with Gasteiger partial charge in [0.2, 0.25) is 5.91 Å². The number of piperidine rings is 1. The van der Waals surface area contributed by atoms with E-state index in [4.69, 9.17) is 4.74 Å². The second-order valence-corrected chi connectivity index (χ2v) is 4.97. The molecule has 2 heterocycles. The summed E-state index contributed by atoms with van der Waals surface area (Å²) in [5, 5.41) is 6.44. The number of carbonyl (C=O) groups excluding carboxylic acids is 1. The maximum Gasteiger partial charge on any atom is 0.237 e. The van der Waals surface area contributed by atoms with Crippen molar-refractivity contribution in [3.8, 4) is 0 Å². The van der Waals surface area contributed by atoms with Crippen molar-refractivity contribution in [2.45, 2.75) is 57.2 Å². The van der Waals surface area contributed by atoms with Gasteiger partial charge >= 0.3 is 0 Å². The quantitative estimate of drug-likeness (QED) is 0.732. The molecule has 4 nitrogen and oxygen atoms in total.